The third-order valence-corrected chi connectivity index (χ3v) is 5.05. The summed E-state index contributed by atoms with van der Waals surface area (Å²) in [6.45, 7) is 13.7. The molecule has 0 atom stereocenters. The molecule has 1 aliphatic rings. The van der Waals surface area contributed by atoms with Gasteiger partial charge < -0.3 is 15.1 Å². The molecule has 1 heterocycles. The van der Waals surface area contributed by atoms with E-state index in [1.54, 1.807) is 0 Å². The number of hydrogen-bond donors (Lipinski definition) is 1. The molecule has 1 aromatic heterocycles. The summed E-state index contributed by atoms with van der Waals surface area (Å²) in [5, 5.41) is 3.02. The first kappa shape index (κ1) is 24.1. The zero-order valence-corrected chi connectivity index (χ0v) is 19.9. The molecule has 0 radical (unpaired) electrons. The van der Waals surface area contributed by atoms with Crippen molar-refractivity contribution in [2.75, 3.05) is 39.1 Å². The Bertz CT molecular complexity index is 805. The molecule has 30 heavy (non-hydrogen) atoms. The van der Waals surface area contributed by atoms with Crippen LogP contribution in [0.4, 0.5) is 5.82 Å². The van der Waals surface area contributed by atoms with Gasteiger partial charge in [-0.25, -0.2) is 9.97 Å². The number of hydrogen-bond acceptors (Lipinski definition) is 5. The monoisotopic (exact) mass is 413 g/mol. The number of fused-ring (bicyclic) bond motifs is 1. The Morgan fingerprint density at radius 1 is 1.20 bits per heavy atom. The number of nitrogens with zero attached hydrogens (tertiary/aromatic N) is 4. The van der Waals surface area contributed by atoms with Gasteiger partial charge in [0.25, 0.3) is 0 Å². The van der Waals surface area contributed by atoms with E-state index in [2.05, 4.69) is 43.9 Å². The predicted octanol–water partition coefficient (Wildman–Crippen LogP) is 3.62. The van der Waals surface area contributed by atoms with Crippen molar-refractivity contribution in [2.24, 2.45) is 0 Å². The lowest BCUT2D eigenvalue weighted by molar-refractivity contribution is -0.121. The fourth-order valence-electron chi connectivity index (χ4n) is 3.73. The number of likely N-dealkylation sites (N-methyl/N-ethyl adjacent to an activating group) is 1. The molecule has 6 nitrogen and oxygen atoms in total. The number of anilines is 1. The van der Waals surface area contributed by atoms with Gasteiger partial charge in [-0.15, -0.1) is 0 Å². The van der Waals surface area contributed by atoms with Crippen LogP contribution in [0.15, 0.2) is 18.2 Å². The highest BCUT2D eigenvalue weighted by Gasteiger charge is 2.24. The lowest BCUT2D eigenvalue weighted by Gasteiger charge is -2.25. The van der Waals surface area contributed by atoms with Crippen LogP contribution in [0.5, 0.6) is 0 Å². The predicted molar refractivity (Wildman–Crippen MR) is 126 cm³/mol. The Labute approximate surface area is 182 Å². The summed E-state index contributed by atoms with van der Waals surface area (Å²) in [4.78, 5) is 26.2. The molecule has 0 fully saturated rings. The van der Waals surface area contributed by atoms with Gasteiger partial charge in [0.05, 0.1) is 6.54 Å². The van der Waals surface area contributed by atoms with Crippen molar-refractivity contribution in [1.29, 1.82) is 0 Å². The fraction of sp³-hybridized carbons (Fsp3) is 0.625. The van der Waals surface area contributed by atoms with Gasteiger partial charge in [0.2, 0.25) is 5.91 Å². The van der Waals surface area contributed by atoms with Crippen molar-refractivity contribution in [3.63, 3.8) is 0 Å². The zero-order chi connectivity index (χ0) is 22.5. The number of carbonyl (C=O) groups is 1. The Kier molecular flexibility index (Phi) is 8.18. The number of carbonyl (C=O) groups excluding carboxylic acids is 1. The van der Waals surface area contributed by atoms with Crippen molar-refractivity contribution in [2.45, 2.75) is 65.3 Å². The third-order valence-electron chi connectivity index (χ3n) is 5.05. The molecule has 0 spiro atoms. The second-order valence-corrected chi connectivity index (χ2v) is 9.73. The van der Waals surface area contributed by atoms with E-state index in [9.17, 15) is 4.79 Å². The van der Waals surface area contributed by atoms with Gasteiger partial charge in [0.1, 0.15) is 5.82 Å². The summed E-state index contributed by atoms with van der Waals surface area (Å²) in [7, 11) is 6.12. The smallest absolute Gasteiger partial charge is 0.239 e. The normalized spacial score (nSPS) is 14.1. The minimum atomic E-state index is -0.250. The molecule has 1 N–H and O–H groups in total. The SMILES string of the molecule is C=C(/C=C(\C)CCCN(C)C)c1nc2c(c(N(C)CC(=O)NC(C)(C)C)n1)CCC2. The average Bonchev–Trinajstić information content (AvgIpc) is 3.07. The van der Waals surface area contributed by atoms with Crippen molar-refractivity contribution in [1.82, 2.24) is 20.2 Å². The summed E-state index contributed by atoms with van der Waals surface area (Å²) in [5.41, 5.74) is 4.13. The fourth-order valence-corrected chi connectivity index (χ4v) is 3.73. The highest BCUT2D eigenvalue weighted by molar-refractivity contribution is 5.82. The maximum absolute atomic E-state index is 12.4. The largest absolute Gasteiger partial charge is 0.350 e. The molecule has 0 bridgehead atoms. The molecule has 0 unspecified atom stereocenters. The van der Waals surface area contributed by atoms with Crippen molar-refractivity contribution < 1.29 is 4.79 Å². The lowest BCUT2D eigenvalue weighted by atomic mass is 10.1. The van der Waals surface area contributed by atoms with E-state index in [0.29, 0.717) is 5.82 Å². The average molecular weight is 414 g/mol. The van der Waals surface area contributed by atoms with Crippen molar-refractivity contribution >= 4 is 17.3 Å². The van der Waals surface area contributed by atoms with Crippen LogP contribution in [0.3, 0.4) is 0 Å². The first-order chi connectivity index (χ1) is 14.0. The van der Waals surface area contributed by atoms with Crippen LogP contribution in [0.1, 0.15) is 64.0 Å². The van der Waals surface area contributed by atoms with E-state index in [-0.39, 0.29) is 18.0 Å². The number of allylic oxidation sites excluding steroid dienone is 3. The first-order valence-electron chi connectivity index (χ1n) is 10.9. The highest BCUT2D eigenvalue weighted by Crippen LogP contribution is 2.30. The molecule has 0 saturated carbocycles. The second-order valence-electron chi connectivity index (χ2n) is 9.73. The molecular weight excluding hydrogens is 374 g/mol. The maximum atomic E-state index is 12.4. The van der Waals surface area contributed by atoms with E-state index in [0.717, 1.165) is 55.7 Å². The van der Waals surface area contributed by atoms with Gasteiger partial charge in [-0.05, 0) is 80.4 Å². The number of amides is 1. The summed E-state index contributed by atoms with van der Waals surface area (Å²) in [6.07, 6.45) is 7.24. The molecular formula is C24H39N5O. The number of aryl methyl sites for hydroxylation is 1. The van der Waals surface area contributed by atoms with Gasteiger partial charge in [0, 0.05) is 29.4 Å². The van der Waals surface area contributed by atoms with Gasteiger partial charge in [-0.3, -0.25) is 4.79 Å². The zero-order valence-electron chi connectivity index (χ0n) is 19.9. The van der Waals surface area contributed by atoms with Gasteiger partial charge in [-0.2, -0.15) is 0 Å². The van der Waals surface area contributed by atoms with E-state index in [1.807, 2.05) is 32.7 Å². The van der Waals surface area contributed by atoms with E-state index in [1.165, 1.54) is 11.1 Å². The molecule has 166 valence electrons. The van der Waals surface area contributed by atoms with Crippen LogP contribution in [-0.4, -0.2) is 60.5 Å². The summed E-state index contributed by atoms with van der Waals surface area (Å²) >= 11 is 0. The van der Waals surface area contributed by atoms with E-state index >= 15 is 0 Å². The number of aromatic nitrogens is 2. The number of nitrogens with one attached hydrogen (secondary N) is 1. The van der Waals surface area contributed by atoms with Gasteiger partial charge in [-0.1, -0.05) is 18.2 Å². The Morgan fingerprint density at radius 3 is 2.53 bits per heavy atom. The molecule has 1 aromatic rings. The van der Waals surface area contributed by atoms with Crippen LogP contribution in [0.2, 0.25) is 0 Å². The van der Waals surface area contributed by atoms with Crippen molar-refractivity contribution in [3.05, 3.63) is 35.3 Å². The molecule has 2 rings (SSSR count). The quantitative estimate of drug-likeness (QED) is 0.627. The lowest BCUT2D eigenvalue weighted by Crippen LogP contribution is -2.45. The van der Waals surface area contributed by atoms with Crippen LogP contribution in [0.25, 0.3) is 5.57 Å². The Balaban J connectivity index is 2.19. The molecule has 1 aliphatic carbocycles. The van der Waals surface area contributed by atoms with Crippen molar-refractivity contribution in [3.8, 4) is 0 Å². The summed E-state index contributed by atoms with van der Waals surface area (Å²) < 4.78 is 0. The summed E-state index contributed by atoms with van der Waals surface area (Å²) in [6, 6.07) is 0. The minimum absolute atomic E-state index is 0.00707. The highest BCUT2D eigenvalue weighted by atomic mass is 16.2. The Morgan fingerprint density at radius 2 is 1.90 bits per heavy atom. The van der Waals surface area contributed by atoms with Gasteiger partial charge >= 0.3 is 0 Å². The first-order valence-corrected chi connectivity index (χ1v) is 10.9. The Hall–Kier alpha value is -2.21. The van der Waals surface area contributed by atoms with Crippen LogP contribution >= 0.6 is 0 Å². The topological polar surface area (TPSA) is 61.4 Å². The molecule has 0 aromatic carbocycles. The minimum Gasteiger partial charge on any atom is -0.350 e. The third kappa shape index (κ3) is 7.24. The standard InChI is InChI=1S/C24H39N5O/c1-17(11-10-14-28(6)7)15-18(2)22-25-20-13-9-12-19(20)23(26-22)29(8)16-21(30)27-24(3,4)5/h15H,2,9-14,16H2,1,3-8H3,(H,27,30)/b17-15+. The van der Waals surface area contributed by atoms with Crippen LogP contribution < -0.4 is 10.2 Å². The molecule has 1 amide bonds. The van der Waals surface area contributed by atoms with Gasteiger partial charge in [0.15, 0.2) is 5.82 Å². The second kappa shape index (κ2) is 10.2. The number of rotatable bonds is 9. The molecule has 0 saturated heterocycles. The summed E-state index contributed by atoms with van der Waals surface area (Å²) in [5.74, 6) is 1.52. The van der Waals surface area contributed by atoms with E-state index in [4.69, 9.17) is 9.97 Å². The maximum Gasteiger partial charge on any atom is 0.239 e. The van der Waals surface area contributed by atoms with Crippen LogP contribution in [0, 0.1) is 0 Å². The van der Waals surface area contributed by atoms with Crippen LogP contribution in [-0.2, 0) is 17.6 Å². The molecule has 0 aliphatic heterocycles. The molecule has 6 heteroatoms. The van der Waals surface area contributed by atoms with E-state index < -0.39 is 0 Å².